The molecule has 4 rings (SSSR count). The van der Waals surface area contributed by atoms with Crippen molar-refractivity contribution in [1.82, 2.24) is 4.90 Å². The van der Waals surface area contributed by atoms with Gasteiger partial charge in [-0.2, -0.15) is 0 Å². The molecule has 2 aliphatic heterocycles. The number of hydrogen-bond acceptors (Lipinski definition) is 6. The summed E-state index contributed by atoms with van der Waals surface area (Å²) in [5.41, 5.74) is 2.11. The van der Waals surface area contributed by atoms with Gasteiger partial charge in [0, 0.05) is 22.2 Å². The number of esters is 1. The van der Waals surface area contributed by atoms with Crippen molar-refractivity contribution in [2.45, 2.75) is 33.2 Å². The SMILES string of the molecule is CCOC(=O)C1CCN(Cc2c(O)cc(C)c3c2O/C(=C/c2c(Cl)cccc2Cl)C3=O)CC1. The first-order valence-electron chi connectivity index (χ1n) is 10.9. The fourth-order valence-corrected chi connectivity index (χ4v) is 4.83. The van der Waals surface area contributed by atoms with Crippen LogP contribution in [-0.4, -0.2) is 41.5 Å². The van der Waals surface area contributed by atoms with Crippen molar-refractivity contribution in [2.24, 2.45) is 5.92 Å². The van der Waals surface area contributed by atoms with E-state index in [2.05, 4.69) is 4.90 Å². The zero-order valence-electron chi connectivity index (χ0n) is 18.5. The second-order valence-corrected chi connectivity index (χ2v) is 9.09. The van der Waals surface area contributed by atoms with Crippen molar-refractivity contribution < 1.29 is 24.2 Å². The van der Waals surface area contributed by atoms with Crippen molar-refractivity contribution in [3.8, 4) is 11.5 Å². The summed E-state index contributed by atoms with van der Waals surface area (Å²) in [6.07, 6.45) is 2.91. The number of likely N-dealkylation sites (tertiary alicyclic amines) is 1. The van der Waals surface area contributed by atoms with E-state index < -0.39 is 0 Å². The molecule has 0 bridgehead atoms. The van der Waals surface area contributed by atoms with Crippen molar-refractivity contribution in [3.05, 3.63) is 62.3 Å². The Morgan fingerprint density at radius 2 is 1.94 bits per heavy atom. The molecule has 8 heteroatoms. The zero-order valence-corrected chi connectivity index (χ0v) is 20.0. The van der Waals surface area contributed by atoms with Crippen LogP contribution in [-0.2, 0) is 16.1 Å². The molecule has 1 N–H and O–H groups in total. The molecular weight excluding hydrogens is 465 g/mol. The molecule has 0 amide bonds. The summed E-state index contributed by atoms with van der Waals surface area (Å²) >= 11 is 12.5. The fourth-order valence-electron chi connectivity index (χ4n) is 4.32. The summed E-state index contributed by atoms with van der Waals surface area (Å²) < 4.78 is 11.1. The minimum absolute atomic E-state index is 0.0728. The molecule has 174 valence electrons. The van der Waals surface area contributed by atoms with Crippen LogP contribution in [0.4, 0.5) is 0 Å². The standard InChI is InChI=1S/C25H25Cl2NO5/c1-3-32-25(31)15-7-9-28(10-8-15)13-17-20(29)11-14(2)22-23(30)21(33-24(17)22)12-16-18(26)5-4-6-19(16)27/h4-6,11-12,15,29H,3,7-10,13H2,1-2H3/b21-12+. The number of carbonyl (C=O) groups excluding carboxylic acids is 2. The summed E-state index contributed by atoms with van der Waals surface area (Å²) in [5.74, 6) is 0.00388. The van der Waals surface area contributed by atoms with Crippen LogP contribution >= 0.6 is 23.2 Å². The Hall–Kier alpha value is -2.54. The quantitative estimate of drug-likeness (QED) is 0.447. The first-order chi connectivity index (χ1) is 15.8. The number of allylic oxidation sites excluding steroid dienone is 1. The number of nitrogens with zero attached hydrogens (tertiary/aromatic N) is 1. The lowest BCUT2D eigenvalue weighted by Gasteiger charge is -2.31. The number of rotatable bonds is 5. The highest BCUT2D eigenvalue weighted by Gasteiger charge is 2.35. The molecule has 0 aromatic heterocycles. The molecule has 0 spiro atoms. The molecule has 0 unspecified atom stereocenters. The number of benzene rings is 2. The predicted octanol–water partition coefficient (Wildman–Crippen LogP) is 5.40. The fraction of sp³-hybridized carbons (Fsp3) is 0.360. The van der Waals surface area contributed by atoms with Crippen molar-refractivity contribution in [2.75, 3.05) is 19.7 Å². The minimum Gasteiger partial charge on any atom is -0.507 e. The van der Waals surface area contributed by atoms with Gasteiger partial charge in [-0.25, -0.2) is 0 Å². The molecule has 1 fully saturated rings. The van der Waals surface area contributed by atoms with Crippen LogP contribution in [0.5, 0.6) is 11.5 Å². The molecular formula is C25H25Cl2NO5. The zero-order chi connectivity index (χ0) is 23.7. The maximum absolute atomic E-state index is 13.2. The highest BCUT2D eigenvalue weighted by atomic mass is 35.5. The number of halogens is 2. The second-order valence-electron chi connectivity index (χ2n) is 8.27. The van der Waals surface area contributed by atoms with E-state index in [4.69, 9.17) is 32.7 Å². The molecule has 2 heterocycles. The summed E-state index contributed by atoms with van der Waals surface area (Å²) in [4.78, 5) is 27.3. The van der Waals surface area contributed by atoms with Gasteiger partial charge in [0.1, 0.15) is 11.5 Å². The maximum Gasteiger partial charge on any atom is 0.309 e. The van der Waals surface area contributed by atoms with Gasteiger partial charge in [0.15, 0.2) is 5.76 Å². The lowest BCUT2D eigenvalue weighted by Crippen LogP contribution is -2.36. The summed E-state index contributed by atoms with van der Waals surface area (Å²) in [5, 5.41) is 11.5. The van der Waals surface area contributed by atoms with E-state index in [0.29, 0.717) is 77.1 Å². The molecule has 2 aromatic rings. The van der Waals surface area contributed by atoms with Gasteiger partial charge in [0.05, 0.1) is 23.7 Å². The first kappa shape index (κ1) is 23.6. The van der Waals surface area contributed by atoms with Crippen LogP contribution < -0.4 is 4.74 Å². The Kier molecular flexibility index (Phi) is 6.98. The summed E-state index contributed by atoms with van der Waals surface area (Å²) in [6.45, 7) is 5.70. The molecule has 0 aliphatic carbocycles. The number of aryl methyl sites for hydroxylation is 1. The van der Waals surface area contributed by atoms with Crippen molar-refractivity contribution in [1.29, 1.82) is 0 Å². The van der Waals surface area contributed by atoms with E-state index in [-0.39, 0.29) is 29.2 Å². The average molecular weight is 490 g/mol. The van der Waals surface area contributed by atoms with Gasteiger partial charge in [-0.3, -0.25) is 14.5 Å². The Labute approximate surface area is 202 Å². The van der Waals surface area contributed by atoms with E-state index >= 15 is 0 Å². The molecule has 6 nitrogen and oxygen atoms in total. The van der Waals surface area contributed by atoms with Crippen LogP contribution in [0.3, 0.4) is 0 Å². The van der Waals surface area contributed by atoms with Crippen LogP contribution in [0.25, 0.3) is 6.08 Å². The minimum atomic E-state index is -0.277. The topological polar surface area (TPSA) is 76.1 Å². The average Bonchev–Trinajstić information content (AvgIpc) is 3.11. The highest BCUT2D eigenvalue weighted by molar-refractivity contribution is 6.37. The van der Waals surface area contributed by atoms with Gasteiger partial charge in [-0.1, -0.05) is 29.3 Å². The molecule has 33 heavy (non-hydrogen) atoms. The molecule has 2 aliphatic rings. The van der Waals surface area contributed by atoms with E-state index in [1.165, 1.54) is 6.08 Å². The Morgan fingerprint density at radius 1 is 1.27 bits per heavy atom. The van der Waals surface area contributed by atoms with Gasteiger partial charge in [-0.05, 0) is 69.6 Å². The van der Waals surface area contributed by atoms with Crippen molar-refractivity contribution >= 4 is 41.0 Å². The normalized spacial score (nSPS) is 17.8. The number of phenolic OH excluding ortho intramolecular Hbond substituents is 1. The van der Waals surface area contributed by atoms with E-state index in [1.807, 2.05) is 0 Å². The lowest BCUT2D eigenvalue weighted by molar-refractivity contribution is -0.149. The smallest absolute Gasteiger partial charge is 0.309 e. The van der Waals surface area contributed by atoms with E-state index in [9.17, 15) is 14.7 Å². The largest absolute Gasteiger partial charge is 0.507 e. The number of Topliss-reactive ketones (excluding diaryl/α,β-unsaturated/α-hetero) is 1. The number of ketones is 1. The Bertz CT molecular complexity index is 1120. The Morgan fingerprint density at radius 3 is 2.58 bits per heavy atom. The monoisotopic (exact) mass is 489 g/mol. The summed E-state index contributed by atoms with van der Waals surface area (Å²) in [6, 6.07) is 6.69. The van der Waals surface area contributed by atoms with E-state index in [1.54, 1.807) is 38.1 Å². The lowest BCUT2D eigenvalue weighted by atomic mass is 9.95. The van der Waals surface area contributed by atoms with Gasteiger partial charge >= 0.3 is 5.97 Å². The third-order valence-corrected chi connectivity index (χ3v) is 6.74. The second kappa shape index (κ2) is 9.75. The maximum atomic E-state index is 13.2. The van der Waals surface area contributed by atoms with Gasteiger partial charge < -0.3 is 14.6 Å². The van der Waals surface area contributed by atoms with Crippen LogP contribution in [0.1, 0.15) is 46.8 Å². The third-order valence-electron chi connectivity index (χ3n) is 6.09. The number of carbonyl (C=O) groups is 2. The molecule has 0 saturated carbocycles. The molecule has 2 aromatic carbocycles. The number of ether oxygens (including phenoxy) is 2. The number of phenols is 1. The van der Waals surface area contributed by atoms with Gasteiger partial charge in [0.25, 0.3) is 0 Å². The van der Waals surface area contributed by atoms with Crippen LogP contribution in [0, 0.1) is 12.8 Å². The number of fused-ring (bicyclic) bond motifs is 1. The molecule has 0 radical (unpaired) electrons. The van der Waals surface area contributed by atoms with Gasteiger partial charge in [-0.15, -0.1) is 0 Å². The molecule has 0 atom stereocenters. The third kappa shape index (κ3) is 4.74. The van der Waals surface area contributed by atoms with Crippen LogP contribution in [0.2, 0.25) is 10.0 Å². The van der Waals surface area contributed by atoms with Gasteiger partial charge in [0.2, 0.25) is 5.78 Å². The first-order valence-corrected chi connectivity index (χ1v) is 11.7. The van der Waals surface area contributed by atoms with E-state index in [0.717, 1.165) is 0 Å². The predicted molar refractivity (Wildman–Crippen MR) is 127 cm³/mol. The van der Waals surface area contributed by atoms with Crippen LogP contribution in [0.15, 0.2) is 30.0 Å². The number of hydrogen-bond donors (Lipinski definition) is 1. The molecule has 1 saturated heterocycles. The number of aromatic hydroxyl groups is 1. The number of piperidine rings is 1. The summed E-state index contributed by atoms with van der Waals surface area (Å²) in [7, 11) is 0. The van der Waals surface area contributed by atoms with Crippen molar-refractivity contribution in [3.63, 3.8) is 0 Å². The Balaban J connectivity index is 1.59. The highest BCUT2D eigenvalue weighted by Crippen LogP contribution is 2.43.